The van der Waals surface area contributed by atoms with Gasteiger partial charge in [0.15, 0.2) is 0 Å². The molecule has 1 saturated heterocycles. The lowest BCUT2D eigenvalue weighted by Crippen LogP contribution is -2.45. The molecule has 0 unspecified atom stereocenters. The third-order valence-corrected chi connectivity index (χ3v) is 7.96. The Morgan fingerprint density at radius 2 is 1.91 bits per heavy atom. The average Bonchev–Trinajstić information content (AvgIpc) is 3.10. The van der Waals surface area contributed by atoms with Crippen molar-refractivity contribution in [3.63, 3.8) is 0 Å². The molecule has 0 spiro atoms. The van der Waals surface area contributed by atoms with Crippen LogP contribution in [0.1, 0.15) is 49.1 Å². The van der Waals surface area contributed by atoms with Crippen molar-refractivity contribution in [3.05, 3.63) is 63.6 Å². The highest BCUT2D eigenvalue weighted by atomic mass is 35.5. The Hall–Kier alpha value is -1.79. The van der Waals surface area contributed by atoms with Gasteiger partial charge in [-0.1, -0.05) is 48.3 Å². The molecule has 172 valence electrons. The van der Waals surface area contributed by atoms with Crippen LogP contribution in [0, 0.1) is 11.3 Å². The third-order valence-electron chi connectivity index (χ3n) is 7.38. The largest absolute Gasteiger partial charge is 0.491 e. The summed E-state index contributed by atoms with van der Waals surface area (Å²) in [5, 5.41) is 23.5. The SMILES string of the molecule is CC[C@@]12CC[C@@H](c3ccc(OCCO)cc3Cl)[C@H](c3ccc(Cl)cc3)[C@@H]1[C@@H](CO)NC2=O. The number of hydrogen-bond acceptors (Lipinski definition) is 4. The molecule has 7 heteroatoms. The number of fused-ring (bicyclic) bond motifs is 1. The van der Waals surface area contributed by atoms with Crippen LogP contribution in [0.5, 0.6) is 5.75 Å². The number of rotatable bonds is 7. The Balaban J connectivity index is 1.80. The summed E-state index contributed by atoms with van der Waals surface area (Å²) < 4.78 is 5.52. The third kappa shape index (κ3) is 4.01. The highest BCUT2D eigenvalue weighted by Gasteiger charge is 2.60. The molecule has 3 N–H and O–H groups in total. The summed E-state index contributed by atoms with van der Waals surface area (Å²) >= 11 is 12.9. The van der Waals surface area contributed by atoms with Gasteiger partial charge in [-0.3, -0.25) is 4.79 Å². The zero-order valence-electron chi connectivity index (χ0n) is 18.1. The molecule has 32 heavy (non-hydrogen) atoms. The minimum atomic E-state index is -0.509. The first-order valence-electron chi connectivity index (χ1n) is 11.2. The lowest BCUT2D eigenvalue weighted by Gasteiger charge is -2.47. The van der Waals surface area contributed by atoms with Crippen LogP contribution < -0.4 is 10.1 Å². The van der Waals surface area contributed by atoms with E-state index in [1.165, 1.54) is 0 Å². The van der Waals surface area contributed by atoms with Crippen molar-refractivity contribution in [1.82, 2.24) is 5.32 Å². The van der Waals surface area contributed by atoms with Crippen LogP contribution in [0.4, 0.5) is 0 Å². The Morgan fingerprint density at radius 1 is 1.16 bits per heavy atom. The summed E-state index contributed by atoms with van der Waals surface area (Å²) in [5.74, 6) is 0.646. The van der Waals surface area contributed by atoms with E-state index in [1.54, 1.807) is 6.07 Å². The normalized spacial score (nSPS) is 29.5. The molecule has 4 rings (SSSR count). The van der Waals surface area contributed by atoms with Crippen molar-refractivity contribution in [2.45, 2.75) is 44.1 Å². The second-order valence-corrected chi connectivity index (χ2v) is 9.62. The molecule has 1 saturated carbocycles. The van der Waals surface area contributed by atoms with Gasteiger partial charge in [-0.25, -0.2) is 0 Å². The molecule has 0 radical (unpaired) electrons. The highest BCUT2D eigenvalue weighted by Crippen LogP contribution is 2.60. The molecule has 1 aliphatic carbocycles. The molecule has 2 fully saturated rings. The maximum absolute atomic E-state index is 13.1. The van der Waals surface area contributed by atoms with E-state index in [2.05, 4.69) is 12.2 Å². The number of halogens is 2. The number of nitrogens with one attached hydrogen (secondary N) is 1. The predicted octanol–water partition coefficient (Wildman–Crippen LogP) is 4.53. The Labute approximate surface area is 198 Å². The van der Waals surface area contributed by atoms with Gasteiger partial charge in [-0.2, -0.15) is 0 Å². The number of carbonyl (C=O) groups excluding carboxylic acids is 1. The van der Waals surface area contributed by atoms with Crippen LogP contribution in [-0.2, 0) is 4.79 Å². The van der Waals surface area contributed by atoms with Gasteiger partial charge in [0, 0.05) is 16.0 Å². The average molecular weight is 478 g/mol. The van der Waals surface area contributed by atoms with Crippen LogP contribution in [0.15, 0.2) is 42.5 Å². The lowest BCUT2D eigenvalue weighted by molar-refractivity contribution is -0.131. The van der Waals surface area contributed by atoms with Crippen molar-refractivity contribution in [1.29, 1.82) is 0 Å². The number of benzene rings is 2. The van der Waals surface area contributed by atoms with Crippen molar-refractivity contribution in [2.75, 3.05) is 19.8 Å². The quantitative estimate of drug-likeness (QED) is 0.547. The Kier molecular flexibility index (Phi) is 7.01. The maximum atomic E-state index is 13.1. The number of carbonyl (C=O) groups is 1. The number of ether oxygens (including phenoxy) is 1. The number of aliphatic hydroxyl groups excluding tert-OH is 2. The molecule has 1 heterocycles. The standard InChI is InChI=1S/C25H29Cl2NO4/c1-2-25-10-9-19(18-8-7-17(13-20(18)27)32-12-11-29)22(15-3-5-16(26)6-4-15)23(25)21(14-30)28-24(25)31/h3-8,13,19,21-23,29-30H,2,9-12,14H2,1H3,(H,28,31)/t19-,21+,22-,23-,25+/m0/s1. The fourth-order valence-electron chi connectivity index (χ4n) is 5.92. The number of hydrogen-bond donors (Lipinski definition) is 3. The van der Waals surface area contributed by atoms with Crippen molar-refractivity contribution >= 4 is 29.1 Å². The topological polar surface area (TPSA) is 78.8 Å². The lowest BCUT2D eigenvalue weighted by atomic mass is 9.54. The summed E-state index contributed by atoms with van der Waals surface area (Å²) in [6, 6.07) is 13.1. The molecular formula is C25H29Cl2NO4. The van der Waals surface area contributed by atoms with E-state index in [4.69, 9.17) is 33.0 Å². The van der Waals surface area contributed by atoms with Gasteiger partial charge in [-0.15, -0.1) is 0 Å². The first-order chi connectivity index (χ1) is 15.4. The van der Waals surface area contributed by atoms with E-state index in [-0.39, 0.29) is 49.5 Å². The van der Waals surface area contributed by atoms with Gasteiger partial charge in [-0.05, 0) is 66.5 Å². The Bertz CT molecular complexity index is 967. The number of aliphatic hydroxyl groups is 2. The first kappa shape index (κ1) is 23.4. The number of amides is 1. The first-order valence-corrected chi connectivity index (χ1v) is 11.9. The fourth-order valence-corrected chi connectivity index (χ4v) is 6.36. The Morgan fingerprint density at radius 3 is 2.53 bits per heavy atom. The molecule has 0 aromatic heterocycles. The predicted molar refractivity (Wildman–Crippen MR) is 125 cm³/mol. The summed E-state index contributed by atoms with van der Waals surface area (Å²) in [6.45, 7) is 2.10. The molecule has 2 aromatic rings. The summed E-state index contributed by atoms with van der Waals surface area (Å²) in [5.41, 5.74) is 1.59. The second kappa shape index (κ2) is 9.60. The minimum absolute atomic E-state index is 0.0150. The molecule has 1 aliphatic heterocycles. The van der Waals surface area contributed by atoms with E-state index in [1.807, 2.05) is 36.4 Å². The summed E-state index contributed by atoms with van der Waals surface area (Å²) in [4.78, 5) is 13.1. The van der Waals surface area contributed by atoms with Crippen LogP contribution in [0.2, 0.25) is 10.0 Å². The van der Waals surface area contributed by atoms with Gasteiger partial charge >= 0.3 is 0 Å². The van der Waals surface area contributed by atoms with Crippen molar-refractivity contribution in [2.24, 2.45) is 11.3 Å². The zero-order chi connectivity index (χ0) is 22.9. The van der Waals surface area contributed by atoms with Crippen LogP contribution in [0.3, 0.4) is 0 Å². The maximum Gasteiger partial charge on any atom is 0.226 e. The van der Waals surface area contributed by atoms with Crippen molar-refractivity contribution < 1.29 is 19.7 Å². The van der Waals surface area contributed by atoms with E-state index in [9.17, 15) is 9.90 Å². The van der Waals surface area contributed by atoms with Crippen molar-refractivity contribution in [3.8, 4) is 5.75 Å². The molecule has 2 aliphatic rings. The molecule has 5 atom stereocenters. The van der Waals surface area contributed by atoms with Gasteiger partial charge in [0.2, 0.25) is 5.91 Å². The minimum Gasteiger partial charge on any atom is -0.491 e. The van der Waals surface area contributed by atoms with E-state index in [0.717, 1.165) is 30.4 Å². The summed E-state index contributed by atoms with van der Waals surface area (Å²) in [6.07, 6.45) is 2.27. The fraction of sp³-hybridized carbons (Fsp3) is 0.480. The van der Waals surface area contributed by atoms with Gasteiger partial charge in [0.05, 0.1) is 24.7 Å². The smallest absolute Gasteiger partial charge is 0.226 e. The monoisotopic (exact) mass is 477 g/mol. The van der Waals surface area contributed by atoms with Gasteiger partial charge < -0.3 is 20.3 Å². The van der Waals surface area contributed by atoms with E-state index in [0.29, 0.717) is 15.8 Å². The molecule has 5 nitrogen and oxygen atoms in total. The molecule has 1 amide bonds. The molecule has 2 aromatic carbocycles. The van der Waals surface area contributed by atoms with Gasteiger partial charge in [0.25, 0.3) is 0 Å². The second-order valence-electron chi connectivity index (χ2n) is 8.78. The van der Waals surface area contributed by atoms with Crippen LogP contribution in [0.25, 0.3) is 0 Å². The van der Waals surface area contributed by atoms with Crippen LogP contribution in [-0.4, -0.2) is 42.0 Å². The zero-order valence-corrected chi connectivity index (χ0v) is 19.6. The molecule has 0 bridgehead atoms. The van der Waals surface area contributed by atoms with Crippen LogP contribution >= 0.6 is 23.2 Å². The van der Waals surface area contributed by atoms with E-state index < -0.39 is 5.41 Å². The van der Waals surface area contributed by atoms with E-state index >= 15 is 0 Å². The van der Waals surface area contributed by atoms with Gasteiger partial charge in [0.1, 0.15) is 12.4 Å². The molecular weight excluding hydrogens is 449 g/mol. The summed E-state index contributed by atoms with van der Waals surface area (Å²) in [7, 11) is 0. The highest BCUT2D eigenvalue weighted by molar-refractivity contribution is 6.31.